The van der Waals surface area contributed by atoms with Crippen LogP contribution in [0.2, 0.25) is 0 Å². The Hall–Kier alpha value is -2.43. The van der Waals surface area contributed by atoms with Crippen molar-refractivity contribution >= 4 is 23.3 Å². The van der Waals surface area contributed by atoms with E-state index in [1.165, 1.54) is 0 Å². The molecule has 0 saturated carbocycles. The van der Waals surface area contributed by atoms with Crippen molar-refractivity contribution in [2.24, 2.45) is 11.8 Å². The van der Waals surface area contributed by atoms with Gasteiger partial charge in [-0.15, -0.1) is 0 Å². The summed E-state index contributed by atoms with van der Waals surface area (Å²) in [4.78, 5) is 35.6. The van der Waals surface area contributed by atoms with Crippen LogP contribution >= 0.6 is 0 Å². The van der Waals surface area contributed by atoms with Crippen molar-refractivity contribution in [3.8, 4) is 0 Å². The molecule has 1 aliphatic rings. The summed E-state index contributed by atoms with van der Waals surface area (Å²) in [5, 5.41) is 2.76. The summed E-state index contributed by atoms with van der Waals surface area (Å²) in [7, 11) is 0. The monoisotopic (exact) mass is 329 g/mol. The molecule has 1 aromatic rings. The number of hydrogen-bond donors (Lipinski definition) is 1. The molecule has 1 aliphatic carbocycles. The van der Waals surface area contributed by atoms with Crippen LogP contribution in [0.3, 0.4) is 0 Å². The molecule has 24 heavy (non-hydrogen) atoms. The maximum absolute atomic E-state index is 12.1. The minimum atomic E-state index is -0.312. The van der Waals surface area contributed by atoms with Crippen molar-refractivity contribution < 1.29 is 19.1 Å². The summed E-state index contributed by atoms with van der Waals surface area (Å²) in [5.41, 5.74) is 1.09. The fraction of sp³-hybridized carbons (Fsp3) is 0.421. The number of allylic oxidation sites excluding steroid dienone is 2. The van der Waals surface area contributed by atoms with E-state index in [1.54, 1.807) is 24.3 Å². The first kappa shape index (κ1) is 17.9. The largest absolute Gasteiger partial charge is 0.457 e. The summed E-state index contributed by atoms with van der Waals surface area (Å²) < 4.78 is 5.13. The average molecular weight is 329 g/mol. The van der Waals surface area contributed by atoms with Crippen LogP contribution in [-0.2, 0) is 14.3 Å². The minimum absolute atomic E-state index is 0.0791. The standard InChI is InChI=1S/C19H23NO4/c1-13(2)18(22)20-16-10-8-14(9-11-16)17(21)12-24-19(23)15-6-4-3-5-7-15/h3-4,8-11,13,15H,5-7,12H2,1-2H3,(H,20,22)/t15-/m0/s1. The summed E-state index contributed by atoms with van der Waals surface area (Å²) in [6.07, 6.45) is 6.35. The molecule has 0 saturated heterocycles. The Labute approximate surface area is 142 Å². The van der Waals surface area contributed by atoms with E-state index in [9.17, 15) is 14.4 Å². The lowest BCUT2D eigenvalue weighted by atomic mass is 9.95. The Bertz CT molecular complexity index is 631. The third kappa shape index (κ3) is 5.05. The number of carbonyl (C=O) groups excluding carboxylic acids is 3. The molecule has 2 rings (SSSR count). The van der Waals surface area contributed by atoms with E-state index in [0.717, 1.165) is 12.8 Å². The molecule has 5 nitrogen and oxygen atoms in total. The van der Waals surface area contributed by atoms with Gasteiger partial charge in [0.05, 0.1) is 5.92 Å². The molecule has 0 fully saturated rings. The highest BCUT2D eigenvalue weighted by Crippen LogP contribution is 2.19. The van der Waals surface area contributed by atoms with Crippen molar-refractivity contribution in [1.29, 1.82) is 0 Å². The molecule has 0 unspecified atom stereocenters. The molecule has 1 atom stereocenters. The van der Waals surface area contributed by atoms with Crippen LogP contribution in [0.15, 0.2) is 36.4 Å². The van der Waals surface area contributed by atoms with Gasteiger partial charge in [0.1, 0.15) is 0 Å². The van der Waals surface area contributed by atoms with Gasteiger partial charge in [-0.3, -0.25) is 14.4 Å². The highest BCUT2D eigenvalue weighted by molar-refractivity contribution is 5.99. The van der Waals surface area contributed by atoms with Crippen molar-refractivity contribution in [3.05, 3.63) is 42.0 Å². The van der Waals surface area contributed by atoms with Crippen LogP contribution in [0.25, 0.3) is 0 Å². The number of hydrogen-bond acceptors (Lipinski definition) is 4. The molecule has 1 amide bonds. The number of benzene rings is 1. The first-order valence-corrected chi connectivity index (χ1v) is 8.23. The van der Waals surface area contributed by atoms with Gasteiger partial charge in [0.2, 0.25) is 5.91 Å². The smallest absolute Gasteiger partial charge is 0.309 e. The van der Waals surface area contributed by atoms with Gasteiger partial charge >= 0.3 is 5.97 Å². The molecular formula is C19H23NO4. The Morgan fingerprint density at radius 2 is 1.88 bits per heavy atom. The lowest BCUT2D eigenvalue weighted by molar-refractivity contribution is -0.147. The van der Waals surface area contributed by atoms with E-state index in [4.69, 9.17) is 4.74 Å². The van der Waals surface area contributed by atoms with Gasteiger partial charge in [-0.2, -0.15) is 0 Å². The van der Waals surface area contributed by atoms with Gasteiger partial charge < -0.3 is 10.1 Å². The first-order valence-electron chi connectivity index (χ1n) is 8.23. The summed E-state index contributed by atoms with van der Waals surface area (Å²) in [6.45, 7) is 3.37. The van der Waals surface area contributed by atoms with Gasteiger partial charge in [-0.25, -0.2) is 0 Å². The average Bonchev–Trinajstić information content (AvgIpc) is 2.60. The molecule has 0 radical (unpaired) electrons. The lowest BCUT2D eigenvalue weighted by Crippen LogP contribution is -2.22. The molecule has 5 heteroatoms. The second-order valence-corrected chi connectivity index (χ2v) is 6.23. The number of anilines is 1. The Balaban J connectivity index is 1.85. The van der Waals surface area contributed by atoms with Crippen molar-refractivity contribution in [1.82, 2.24) is 0 Å². The van der Waals surface area contributed by atoms with Gasteiger partial charge in [-0.05, 0) is 43.5 Å². The number of ether oxygens (including phenoxy) is 1. The normalized spacial score (nSPS) is 16.7. The van der Waals surface area contributed by atoms with Gasteiger partial charge in [0.25, 0.3) is 0 Å². The number of carbonyl (C=O) groups is 3. The SMILES string of the molecule is CC(C)C(=O)Nc1ccc(C(=O)COC(=O)[C@H]2CC=CCC2)cc1. The van der Waals surface area contributed by atoms with Crippen LogP contribution in [0.5, 0.6) is 0 Å². The summed E-state index contributed by atoms with van der Waals surface area (Å²) >= 11 is 0. The summed E-state index contributed by atoms with van der Waals surface area (Å²) in [5.74, 6) is -0.897. The molecule has 0 heterocycles. The highest BCUT2D eigenvalue weighted by Gasteiger charge is 2.21. The molecule has 0 bridgehead atoms. The molecule has 128 valence electrons. The van der Waals surface area contributed by atoms with Crippen molar-refractivity contribution in [3.63, 3.8) is 0 Å². The quantitative estimate of drug-likeness (QED) is 0.493. The molecule has 1 N–H and O–H groups in total. The van der Waals surface area contributed by atoms with Crippen LogP contribution in [0, 0.1) is 11.8 Å². The van der Waals surface area contributed by atoms with Crippen molar-refractivity contribution in [2.45, 2.75) is 33.1 Å². The van der Waals surface area contributed by atoms with Gasteiger partial charge in [-0.1, -0.05) is 26.0 Å². The fourth-order valence-corrected chi connectivity index (χ4v) is 2.37. The van der Waals surface area contributed by atoms with Crippen LogP contribution in [-0.4, -0.2) is 24.3 Å². The Morgan fingerprint density at radius 3 is 2.46 bits per heavy atom. The summed E-state index contributed by atoms with van der Waals surface area (Å²) in [6, 6.07) is 6.58. The minimum Gasteiger partial charge on any atom is -0.457 e. The van der Waals surface area contributed by atoms with Gasteiger partial charge in [0, 0.05) is 17.2 Å². The highest BCUT2D eigenvalue weighted by atomic mass is 16.5. The van der Waals surface area contributed by atoms with E-state index in [0.29, 0.717) is 17.7 Å². The zero-order valence-corrected chi connectivity index (χ0v) is 14.1. The number of esters is 1. The predicted octanol–water partition coefficient (Wildman–Crippen LogP) is 3.36. The zero-order valence-electron chi connectivity index (χ0n) is 14.1. The third-order valence-corrected chi connectivity index (χ3v) is 3.95. The second-order valence-electron chi connectivity index (χ2n) is 6.23. The third-order valence-electron chi connectivity index (χ3n) is 3.95. The Morgan fingerprint density at radius 1 is 1.17 bits per heavy atom. The maximum atomic E-state index is 12.1. The molecule has 0 aliphatic heterocycles. The second kappa shape index (κ2) is 8.43. The number of amides is 1. The van der Waals surface area contributed by atoms with Crippen LogP contribution < -0.4 is 5.32 Å². The van der Waals surface area contributed by atoms with E-state index in [-0.39, 0.29) is 36.1 Å². The van der Waals surface area contributed by atoms with E-state index in [2.05, 4.69) is 11.4 Å². The number of ketones is 1. The van der Waals surface area contributed by atoms with Crippen LogP contribution in [0.1, 0.15) is 43.5 Å². The number of rotatable bonds is 6. The topological polar surface area (TPSA) is 72.5 Å². The van der Waals surface area contributed by atoms with Crippen molar-refractivity contribution in [2.75, 3.05) is 11.9 Å². The van der Waals surface area contributed by atoms with Crippen LogP contribution in [0.4, 0.5) is 5.69 Å². The fourth-order valence-electron chi connectivity index (χ4n) is 2.37. The number of nitrogens with one attached hydrogen (secondary N) is 1. The van der Waals surface area contributed by atoms with E-state index in [1.807, 2.05) is 19.9 Å². The molecule has 0 aromatic heterocycles. The zero-order chi connectivity index (χ0) is 17.5. The Kier molecular flexibility index (Phi) is 6.29. The first-order chi connectivity index (χ1) is 11.5. The molecule has 1 aromatic carbocycles. The number of Topliss-reactive ketones (excluding diaryl/α,β-unsaturated/α-hetero) is 1. The molecule has 0 spiro atoms. The molecular weight excluding hydrogens is 306 g/mol. The predicted molar refractivity (Wildman–Crippen MR) is 91.7 cm³/mol. The van der Waals surface area contributed by atoms with E-state index >= 15 is 0 Å². The maximum Gasteiger partial charge on any atom is 0.309 e. The lowest BCUT2D eigenvalue weighted by Gasteiger charge is -2.16. The van der Waals surface area contributed by atoms with Gasteiger partial charge in [0.15, 0.2) is 12.4 Å². The van der Waals surface area contributed by atoms with E-state index < -0.39 is 0 Å².